The summed E-state index contributed by atoms with van der Waals surface area (Å²) in [5.74, 6) is -0.254. The van der Waals surface area contributed by atoms with Gasteiger partial charge in [0, 0.05) is 36.9 Å². The summed E-state index contributed by atoms with van der Waals surface area (Å²) in [5, 5.41) is 2.64. The first kappa shape index (κ1) is 19.8. The van der Waals surface area contributed by atoms with Crippen LogP contribution < -0.4 is 15.1 Å². The lowest BCUT2D eigenvalue weighted by atomic mass is 10.2. The molecular weight excluding hydrogens is 369 g/mol. The third-order valence-electron chi connectivity index (χ3n) is 4.56. The van der Waals surface area contributed by atoms with Gasteiger partial charge in [0.2, 0.25) is 5.91 Å². The number of rotatable bonds is 2. The molecule has 0 bridgehead atoms. The fourth-order valence-corrected chi connectivity index (χ4v) is 4.37. The van der Waals surface area contributed by atoms with Crippen LogP contribution in [0.4, 0.5) is 20.6 Å². The lowest BCUT2D eigenvalue weighted by Gasteiger charge is -2.25. The van der Waals surface area contributed by atoms with E-state index < -0.39 is 17.7 Å². The molecule has 2 aliphatic heterocycles. The van der Waals surface area contributed by atoms with Crippen LogP contribution in [-0.4, -0.2) is 49.5 Å². The lowest BCUT2D eigenvalue weighted by molar-refractivity contribution is -0.119. The molecule has 1 aromatic rings. The predicted octanol–water partition coefficient (Wildman–Crippen LogP) is 3.39. The first-order valence-corrected chi connectivity index (χ1v) is 10.1. The van der Waals surface area contributed by atoms with Crippen molar-refractivity contribution in [3.8, 4) is 0 Å². The average molecular weight is 396 g/mol. The van der Waals surface area contributed by atoms with Gasteiger partial charge in [-0.3, -0.25) is 4.79 Å². The Labute approximate surface area is 163 Å². The molecule has 0 spiro atoms. The first-order chi connectivity index (χ1) is 12.7. The smallest absolute Gasteiger partial charge is 0.408 e. The number of hydrogen-bond acceptors (Lipinski definition) is 5. The highest BCUT2D eigenvalue weighted by molar-refractivity contribution is 7.99. The molecule has 1 aromatic carbocycles. The molecule has 0 aromatic heterocycles. The summed E-state index contributed by atoms with van der Waals surface area (Å²) in [4.78, 5) is 29.1. The highest BCUT2D eigenvalue weighted by atomic mass is 32.2. The maximum atomic E-state index is 14.7. The highest BCUT2D eigenvalue weighted by Gasteiger charge is 2.32. The second-order valence-corrected chi connectivity index (χ2v) is 8.93. The normalized spacial score (nSPS) is 20.3. The molecule has 0 unspecified atom stereocenters. The van der Waals surface area contributed by atoms with Crippen LogP contribution in [0.15, 0.2) is 17.0 Å². The zero-order valence-electron chi connectivity index (χ0n) is 16.2. The molecule has 148 valence electrons. The third-order valence-corrected chi connectivity index (χ3v) is 5.70. The fraction of sp³-hybridized carbons (Fsp3) is 0.579. The monoisotopic (exact) mass is 395 g/mol. The molecule has 1 atom stereocenters. The third kappa shape index (κ3) is 4.48. The van der Waals surface area contributed by atoms with E-state index in [-0.39, 0.29) is 11.7 Å². The Bertz CT molecular complexity index is 744. The molecule has 0 radical (unpaired) electrons. The summed E-state index contributed by atoms with van der Waals surface area (Å²) in [6.07, 6.45) is 1.48. The molecular formula is C19H26FN3O3S. The fourth-order valence-electron chi connectivity index (χ4n) is 3.26. The predicted molar refractivity (Wildman–Crippen MR) is 105 cm³/mol. The van der Waals surface area contributed by atoms with Gasteiger partial charge in [0.25, 0.3) is 0 Å². The molecule has 1 saturated heterocycles. The van der Waals surface area contributed by atoms with Crippen molar-refractivity contribution < 1.29 is 18.7 Å². The van der Waals surface area contributed by atoms with Crippen LogP contribution in [0.5, 0.6) is 0 Å². The number of alkyl carbamates (subject to hydrolysis) is 1. The largest absolute Gasteiger partial charge is 0.444 e. The topological polar surface area (TPSA) is 61.9 Å². The summed E-state index contributed by atoms with van der Waals surface area (Å²) < 4.78 is 19.9. The molecule has 8 heteroatoms. The first-order valence-electron chi connectivity index (χ1n) is 9.14. The van der Waals surface area contributed by atoms with Crippen molar-refractivity contribution in [3.05, 3.63) is 17.9 Å². The van der Waals surface area contributed by atoms with Crippen molar-refractivity contribution >= 4 is 35.1 Å². The number of carbonyl (C=O) groups is 2. The summed E-state index contributed by atoms with van der Waals surface area (Å²) in [6.45, 7) is 6.98. The number of benzene rings is 1. The van der Waals surface area contributed by atoms with Gasteiger partial charge < -0.3 is 19.9 Å². The van der Waals surface area contributed by atoms with Crippen LogP contribution in [0.2, 0.25) is 0 Å². The number of thioether (sulfide) groups is 1. The van der Waals surface area contributed by atoms with Crippen molar-refractivity contribution in [2.24, 2.45) is 0 Å². The van der Waals surface area contributed by atoms with E-state index in [1.807, 2.05) is 11.0 Å². The van der Waals surface area contributed by atoms with Crippen LogP contribution in [0.25, 0.3) is 0 Å². The van der Waals surface area contributed by atoms with Crippen molar-refractivity contribution in [2.45, 2.75) is 50.2 Å². The summed E-state index contributed by atoms with van der Waals surface area (Å²) in [7, 11) is 1.60. The molecule has 2 heterocycles. The Kier molecular flexibility index (Phi) is 5.55. The second-order valence-electron chi connectivity index (χ2n) is 7.87. The van der Waals surface area contributed by atoms with Crippen molar-refractivity contribution in [2.75, 3.05) is 35.7 Å². The van der Waals surface area contributed by atoms with Crippen LogP contribution in [0.1, 0.15) is 33.6 Å². The van der Waals surface area contributed by atoms with Crippen LogP contribution in [0.3, 0.4) is 0 Å². The zero-order valence-corrected chi connectivity index (χ0v) is 17.0. The van der Waals surface area contributed by atoms with E-state index in [2.05, 4.69) is 5.32 Å². The SMILES string of the molecule is CN1C(=O)[C@@H](NC(=O)OC(C)(C)C)CSc2cc(N3CCCC3)c(F)cc21. The number of carbonyl (C=O) groups excluding carboxylic acids is 2. The molecule has 3 rings (SSSR count). The van der Waals surface area contributed by atoms with Crippen molar-refractivity contribution in [1.29, 1.82) is 0 Å². The van der Waals surface area contributed by atoms with Gasteiger partial charge in [-0.1, -0.05) is 0 Å². The van der Waals surface area contributed by atoms with E-state index in [0.717, 1.165) is 30.8 Å². The lowest BCUT2D eigenvalue weighted by Crippen LogP contribution is -2.49. The maximum absolute atomic E-state index is 14.7. The summed E-state index contributed by atoms with van der Waals surface area (Å²) >= 11 is 1.44. The average Bonchev–Trinajstić information content (AvgIpc) is 3.07. The number of amides is 2. The van der Waals surface area contributed by atoms with E-state index >= 15 is 0 Å². The zero-order chi connectivity index (χ0) is 19.8. The molecule has 0 saturated carbocycles. The van der Waals surface area contributed by atoms with E-state index in [1.165, 1.54) is 22.7 Å². The van der Waals surface area contributed by atoms with Gasteiger partial charge in [-0.15, -0.1) is 11.8 Å². The molecule has 1 fully saturated rings. The summed E-state index contributed by atoms with van der Waals surface area (Å²) in [5.41, 5.74) is 0.463. The van der Waals surface area contributed by atoms with Gasteiger partial charge in [-0.25, -0.2) is 9.18 Å². The van der Waals surface area contributed by atoms with Gasteiger partial charge in [0.05, 0.1) is 11.4 Å². The molecule has 2 aliphatic rings. The van der Waals surface area contributed by atoms with Crippen LogP contribution in [-0.2, 0) is 9.53 Å². The number of likely N-dealkylation sites (N-methyl/N-ethyl adjacent to an activating group) is 1. The van der Waals surface area contributed by atoms with Crippen molar-refractivity contribution in [1.82, 2.24) is 5.32 Å². The minimum absolute atomic E-state index is 0.291. The van der Waals surface area contributed by atoms with Gasteiger partial charge in [0.15, 0.2) is 0 Å². The van der Waals surface area contributed by atoms with Crippen LogP contribution in [0, 0.1) is 5.82 Å². The quantitative estimate of drug-likeness (QED) is 0.832. The Morgan fingerprint density at radius 2 is 1.93 bits per heavy atom. The number of anilines is 2. The Morgan fingerprint density at radius 1 is 1.26 bits per heavy atom. The minimum atomic E-state index is -0.736. The Morgan fingerprint density at radius 3 is 2.56 bits per heavy atom. The van der Waals surface area contributed by atoms with E-state index in [9.17, 15) is 14.0 Å². The number of halogens is 1. The molecule has 2 amide bonds. The van der Waals surface area contributed by atoms with Gasteiger partial charge in [0.1, 0.15) is 17.5 Å². The van der Waals surface area contributed by atoms with Gasteiger partial charge >= 0.3 is 6.09 Å². The molecule has 27 heavy (non-hydrogen) atoms. The number of ether oxygens (including phenoxy) is 1. The van der Waals surface area contributed by atoms with Gasteiger partial charge in [-0.2, -0.15) is 0 Å². The maximum Gasteiger partial charge on any atom is 0.408 e. The Hall–Kier alpha value is -1.96. The number of hydrogen-bond donors (Lipinski definition) is 1. The second kappa shape index (κ2) is 7.58. The minimum Gasteiger partial charge on any atom is -0.444 e. The molecule has 1 N–H and O–H groups in total. The van der Waals surface area contributed by atoms with Gasteiger partial charge in [-0.05, 0) is 39.7 Å². The van der Waals surface area contributed by atoms with E-state index in [0.29, 0.717) is 17.1 Å². The Balaban J connectivity index is 1.81. The summed E-state index contributed by atoms with van der Waals surface area (Å²) in [6, 6.07) is 2.50. The molecule has 0 aliphatic carbocycles. The number of fused-ring (bicyclic) bond motifs is 1. The highest BCUT2D eigenvalue weighted by Crippen LogP contribution is 2.39. The van der Waals surface area contributed by atoms with E-state index in [1.54, 1.807) is 27.8 Å². The van der Waals surface area contributed by atoms with E-state index in [4.69, 9.17) is 4.74 Å². The van der Waals surface area contributed by atoms with Crippen molar-refractivity contribution in [3.63, 3.8) is 0 Å². The number of nitrogens with one attached hydrogen (secondary N) is 1. The standard InChI is InChI=1S/C19H26FN3O3S/c1-19(2,3)26-18(25)21-13-11-27-16-10-14(23-7-5-6-8-23)12(20)9-15(16)22(4)17(13)24/h9-10,13H,5-8,11H2,1-4H3,(H,21,25)/t13-/m0/s1. The van der Waals surface area contributed by atoms with Crippen LogP contribution >= 0.6 is 11.8 Å². The molecule has 6 nitrogen and oxygen atoms in total. The number of nitrogens with zero attached hydrogens (tertiary/aromatic N) is 2.